The van der Waals surface area contributed by atoms with Crippen molar-refractivity contribution >= 4 is 44.6 Å². The van der Waals surface area contributed by atoms with Gasteiger partial charge in [-0.05, 0) is 60.9 Å². The summed E-state index contributed by atoms with van der Waals surface area (Å²) in [6.45, 7) is 2.49. The Bertz CT molecular complexity index is 1600. The molecule has 1 fully saturated rings. The lowest BCUT2D eigenvalue weighted by Crippen LogP contribution is -2.43. The Labute approximate surface area is 213 Å². The number of fused-ring (bicyclic) bond motifs is 6. The Kier molecular flexibility index (Phi) is 4.73. The van der Waals surface area contributed by atoms with Gasteiger partial charge in [0.25, 0.3) is 0 Å². The summed E-state index contributed by atoms with van der Waals surface area (Å²) in [5.74, 6) is 0. The highest BCUT2D eigenvalue weighted by atomic mass is 15.2. The van der Waals surface area contributed by atoms with Crippen molar-refractivity contribution in [2.24, 2.45) is 7.05 Å². The van der Waals surface area contributed by atoms with Gasteiger partial charge in [0.15, 0.2) is 0 Å². The largest absolute Gasteiger partial charge is 0.370 e. The Morgan fingerprint density at radius 3 is 2.31 bits per heavy atom. The summed E-state index contributed by atoms with van der Waals surface area (Å²) in [7, 11) is 4.48. The molecule has 0 amide bonds. The molecule has 1 aromatic heterocycles. The molecule has 3 nitrogen and oxygen atoms in total. The predicted molar refractivity (Wildman–Crippen MR) is 153 cm³/mol. The molecule has 2 aliphatic rings. The van der Waals surface area contributed by atoms with Crippen molar-refractivity contribution in [3.05, 3.63) is 96.6 Å². The van der Waals surface area contributed by atoms with Gasteiger partial charge in [-0.2, -0.15) is 0 Å². The van der Waals surface area contributed by atoms with E-state index in [1.807, 2.05) is 0 Å². The number of likely N-dealkylation sites (N-methyl/N-ethyl adjacent to an activating group) is 1. The van der Waals surface area contributed by atoms with Crippen molar-refractivity contribution in [2.75, 3.05) is 16.8 Å². The van der Waals surface area contributed by atoms with Crippen LogP contribution in [0, 0.1) is 0 Å². The van der Waals surface area contributed by atoms with Gasteiger partial charge in [0.2, 0.25) is 0 Å². The second kappa shape index (κ2) is 7.89. The number of anilines is 4. The van der Waals surface area contributed by atoms with Crippen LogP contribution in [0.1, 0.15) is 38.2 Å². The first kappa shape index (κ1) is 21.6. The molecule has 1 aliphatic heterocycles. The molecule has 4 aromatic carbocycles. The smallest absolute Gasteiger partial charge is 0.0509 e. The number of rotatable bonds is 3. The zero-order chi connectivity index (χ0) is 24.4. The van der Waals surface area contributed by atoms with Gasteiger partial charge < -0.3 is 14.4 Å². The fraction of sp³-hybridized carbons (Fsp3) is 0.273. The minimum Gasteiger partial charge on any atom is -0.370 e. The maximum absolute atomic E-state index is 2.56. The highest BCUT2D eigenvalue weighted by Crippen LogP contribution is 2.53. The number of aromatic nitrogens is 1. The molecule has 1 aliphatic carbocycles. The highest BCUT2D eigenvalue weighted by molar-refractivity contribution is 6.09. The lowest BCUT2D eigenvalue weighted by molar-refractivity contribution is 0.285. The van der Waals surface area contributed by atoms with E-state index >= 15 is 0 Å². The van der Waals surface area contributed by atoms with Crippen LogP contribution in [-0.4, -0.2) is 17.7 Å². The minimum atomic E-state index is 0.264. The molecular formula is C33H33N3. The summed E-state index contributed by atoms with van der Waals surface area (Å²) >= 11 is 0. The van der Waals surface area contributed by atoms with E-state index in [2.05, 4.69) is 126 Å². The second-order valence-corrected chi connectivity index (χ2v) is 10.9. The van der Waals surface area contributed by atoms with Crippen LogP contribution in [0.3, 0.4) is 0 Å². The zero-order valence-corrected chi connectivity index (χ0v) is 21.4. The average molecular weight is 472 g/mol. The van der Waals surface area contributed by atoms with E-state index in [4.69, 9.17) is 0 Å². The van der Waals surface area contributed by atoms with Crippen LogP contribution in [0.4, 0.5) is 22.7 Å². The van der Waals surface area contributed by atoms with E-state index < -0.39 is 0 Å². The van der Waals surface area contributed by atoms with Crippen LogP contribution in [0.15, 0.2) is 91.0 Å². The van der Waals surface area contributed by atoms with Crippen molar-refractivity contribution in [2.45, 2.75) is 44.1 Å². The van der Waals surface area contributed by atoms with Crippen molar-refractivity contribution in [3.63, 3.8) is 0 Å². The molecule has 3 heteroatoms. The third-order valence-corrected chi connectivity index (χ3v) is 9.03. The first-order chi connectivity index (χ1) is 17.6. The zero-order valence-electron chi connectivity index (χ0n) is 21.4. The van der Waals surface area contributed by atoms with E-state index in [0.717, 1.165) is 0 Å². The van der Waals surface area contributed by atoms with Gasteiger partial charge in [-0.25, -0.2) is 0 Å². The first-order valence-electron chi connectivity index (χ1n) is 13.3. The summed E-state index contributed by atoms with van der Waals surface area (Å²) < 4.78 is 2.32. The van der Waals surface area contributed by atoms with Crippen LogP contribution >= 0.6 is 0 Å². The standard InChI is InChI=1S/C33H33N3/c1-33-20-10-9-15-32(33)35(3)31-22-25(17-19-28(31)33)36(23-11-5-4-6-12-23)24-16-18-27-26-13-7-8-14-29(26)34(2)30(27)21-24/h4-8,11-14,16-19,21-22,32H,9-10,15,20H2,1-3H3. The van der Waals surface area contributed by atoms with Crippen LogP contribution < -0.4 is 9.80 Å². The van der Waals surface area contributed by atoms with Crippen molar-refractivity contribution < 1.29 is 0 Å². The van der Waals surface area contributed by atoms with Crippen molar-refractivity contribution in [3.8, 4) is 0 Å². The fourth-order valence-electron chi connectivity index (χ4n) is 7.16. The molecule has 0 bridgehead atoms. The maximum atomic E-state index is 2.56. The minimum absolute atomic E-state index is 0.264. The summed E-state index contributed by atoms with van der Waals surface area (Å²) in [5.41, 5.74) is 9.29. The number of aryl methyl sites for hydroxylation is 1. The molecule has 0 radical (unpaired) electrons. The number of para-hydroxylation sites is 2. The van der Waals surface area contributed by atoms with Gasteiger partial charge in [-0.1, -0.05) is 68.3 Å². The molecule has 2 unspecified atom stereocenters. The molecule has 180 valence electrons. The van der Waals surface area contributed by atoms with Crippen molar-refractivity contribution in [1.82, 2.24) is 4.57 Å². The molecule has 2 atom stereocenters. The number of hydrogen-bond acceptors (Lipinski definition) is 2. The lowest BCUT2D eigenvalue weighted by atomic mass is 9.69. The molecule has 0 spiro atoms. The molecule has 0 saturated heterocycles. The Morgan fingerprint density at radius 1 is 0.722 bits per heavy atom. The van der Waals surface area contributed by atoms with Crippen LogP contribution in [0.25, 0.3) is 21.8 Å². The summed E-state index contributed by atoms with van der Waals surface area (Å²) in [5, 5.41) is 2.61. The lowest BCUT2D eigenvalue weighted by Gasteiger charge is -2.39. The highest BCUT2D eigenvalue weighted by Gasteiger charge is 2.47. The fourth-order valence-corrected chi connectivity index (χ4v) is 7.16. The first-order valence-corrected chi connectivity index (χ1v) is 13.3. The van der Waals surface area contributed by atoms with Gasteiger partial charge >= 0.3 is 0 Å². The summed E-state index contributed by atoms with van der Waals surface area (Å²) in [4.78, 5) is 4.98. The van der Waals surface area contributed by atoms with Gasteiger partial charge in [-0.3, -0.25) is 0 Å². The van der Waals surface area contributed by atoms with E-state index in [1.165, 1.54) is 75.8 Å². The molecule has 5 aromatic rings. The molecular weight excluding hydrogens is 438 g/mol. The van der Waals surface area contributed by atoms with E-state index in [0.29, 0.717) is 6.04 Å². The molecule has 1 saturated carbocycles. The van der Waals surface area contributed by atoms with E-state index in [1.54, 1.807) is 0 Å². The van der Waals surface area contributed by atoms with E-state index in [9.17, 15) is 0 Å². The monoisotopic (exact) mass is 471 g/mol. The van der Waals surface area contributed by atoms with Gasteiger partial charge in [0.1, 0.15) is 0 Å². The quantitative estimate of drug-likeness (QED) is 0.261. The number of hydrogen-bond donors (Lipinski definition) is 0. The number of benzene rings is 4. The summed E-state index contributed by atoms with van der Waals surface area (Å²) in [6, 6.07) is 34.2. The number of nitrogens with zero attached hydrogens (tertiary/aromatic N) is 3. The third kappa shape index (κ3) is 2.98. The van der Waals surface area contributed by atoms with Gasteiger partial charge in [0.05, 0.1) is 5.52 Å². The topological polar surface area (TPSA) is 11.4 Å². The second-order valence-electron chi connectivity index (χ2n) is 10.9. The molecule has 2 heterocycles. The molecule has 0 N–H and O–H groups in total. The normalized spacial score (nSPS) is 21.1. The predicted octanol–water partition coefficient (Wildman–Crippen LogP) is 8.45. The van der Waals surface area contributed by atoms with Crippen LogP contribution in [0.5, 0.6) is 0 Å². The Balaban J connectivity index is 1.41. The van der Waals surface area contributed by atoms with Crippen molar-refractivity contribution in [1.29, 1.82) is 0 Å². The Morgan fingerprint density at radius 2 is 1.44 bits per heavy atom. The van der Waals surface area contributed by atoms with Crippen LogP contribution in [-0.2, 0) is 12.5 Å². The van der Waals surface area contributed by atoms with Crippen LogP contribution in [0.2, 0.25) is 0 Å². The Hall–Kier alpha value is -3.72. The van der Waals surface area contributed by atoms with Gasteiger partial charge in [0, 0.05) is 64.6 Å². The average Bonchev–Trinajstić information content (AvgIpc) is 3.33. The van der Waals surface area contributed by atoms with E-state index in [-0.39, 0.29) is 5.41 Å². The van der Waals surface area contributed by atoms with Gasteiger partial charge in [-0.15, -0.1) is 0 Å². The molecule has 7 rings (SSSR count). The molecule has 36 heavy (non-hydrogen) atoms. The summed E-state index contributed by atoms with van der Waals surface area (Å²) in [6.07, 6.45) is 5.25. The SMILES string of the molecule is CN1c2cc(N(c3ccccc3)c3ccc4c5ccccc5n(C)c4c3)ccc2C2(C)CCCCC12. The third-order valence-electron chi connectivity index (χ3n) is 9.03. The maximum Gasteiger partial charge on any atom is 0.0509 e.